The topological polar surface area (TPSA) is 179 Å². The normalized spacial score (nSPS) is 11.2. The molecule has 11 nitrogen and oxygen atoms in total. The van der Waals surface area contributed by atoms with Crippen molar-refractivity contribution in [3.05, 3.63) is 94.8 Å². The maximum Gasteiger partial charge on any atom is 0.294 e. The Kier molecular flexibility index (Phi) is 8.39. The highest BCUT2D eigenvalue weighted by Crippen LogP contribution is 2.24. The van der Waals surface area contributed by atoms with Crippen molar-refractivity contribution in [1.29, 1.82) is 0 Å². The zero-order valence-electron chi connectivity index (χ0n) is 16.6. The summed E-state index contributed by atoms with van der Waals surface area (Å²) in [7, 11) is -4.00. The van der Waals surface area contributed by atoms with Crippen molar-refractivity contribution >= 4 is 34.1 Å². The molecule has 166 valence electrons. The van der Waals surface area contributed by atoms with Gasteiger partial charge in [0.25, 0.3) is 15.8 Å². The Balaban J connectivity index is 0.000000303. The molecule has 0 radical (unpaired) electrons. The standard InChI is InChI=1S/C14H14N6O2.C6H6O3S/c15-14(16)18-17-9-3-5-11-6-4-10-19(11)12-7-1-2-8-13(12)20(21)22;7-10(8,9)6-4-2-1-3-5-6/h1-10H,(H4,15,16,18);1-5H,(H,7,8,9). The first-order valence-corrected chi connectivity index (χ1v) is 10.4. The molecule has 0 aliphatic heterocycles. The molecule has 1 heterocycles. The number of rotatable bonds is 6. The van der Waals surface area contributed by atoms with E-state index < -0.39 is 15.0 Å². The lowest BCUT2D eigenvalue weighted by Crippen LogP contribution is -2.21. The van der Waals surface area contributed by atoms with Crippen molar-refractivity contribution in [3.8, 4) is 5.69 Å². The van der Waals surface area contributed by atoms with E-state index >= 15 is 0 Å². The Labute approximate surface area is 183 Å². The Morgan fingerprint density at radius 1 is 1.03 bits per heavy atom. The van der Waals surface area contributed by atoms with Gasteiger partial charge < -0.3 is 16.0 Å². The van der Waals surface area contributed by atoms with Crippen LogP contribution in [0.25, 0.3) is 11.8 Å². The van der Waals surface area contributed by atoms with Crippen LogP contribution in [0.2, 0.25) is 0 Å². The summed E-state index contributed by atoms with van der Waals surface area (Å²) in [5.41, 5.74) is 11.5. The lowest BCUT2D eigenvalue weighted by molar-refractivity contribution is -0.384. The molecule has 12 heteroatoms. The zero-order valence-corrected chi connectivity index (χ0v) is 17.4. The quantitative estimate of drug-likeness (QED) is 0.168. The van der Waals surface area contributed by atoms with Crippen LogP contribution in [0.3, 0.4) is 0 Å². The summed E-state index contributed by atoms with van der Waals surface area (Å²) in [6.45, 7) is 0. The maximum absolute atomic E-state index is 11.1. The van der Waals surface area contributed by atoms with Gasteiger partial charge in [-0.05, 0) is 42.5 Å². The predicted molar refractivity (Wildman–Crippen MR) is 122 cm³/mol. The van der Waals surface area contributed by atoms with Gasteiger partial charge in [0.05, 0.1) is 9.82 Å². The van der Waals surface area contributed by atoms with Crippen LogP contribution in [-0.2, 0) is 10.1 Å². The van der Waals surface area contributed by atoms with E-state index in [1.54, 1.807) is 65.4 Å². The van der Waals surface area contributed by atoms with E-state index in [1.807, 2.05) is 6.07 Å². The molecular weight excluding hydrogens is 436 g/mol. The molecule has 0 unspecified atom stereocenters. The molecule has 3 rings (SSSR count). The van der Waals surface area contributed by atoms with Gasteiger partial charge in [-0.3, -0.25) is 14.7 Å². The van der Waals surface area contributed by atoms with E-state index in [9.17, 15) is 18.5 Å². The van der Waals surface area contributed by atoms with Crippen LogP contribution in [0.15, 0.2) is 94.1 Å². The smallest absolute Gasteiger partial charge is 0.294 e. The molecule has 1 aromatic heterocycles. The summed E-state index contributed by atoms with van der Waals surface area (Å²) in [4.78, 5) is 10.6. The molecule has 5 N–H and O–H groups in total. The molecule has 0 spiro atoms. The average Bonchev–Trinajstić information content (AvgIpc) is 3.22. The second-order valence-electron chi connectivity index (χ2n) is 5.99. The SMILES string of the molecule is NC(N)=NN=CC=Cc1cccn1-c1ccccc1[N+](=O)[O-].O=S(=O)(O)c1ccccc1. The molecule has 0 amide bonds. The van der Waals surface area contributed by atoms with Crippen molar-refractivity contribution in [1.82, 2.24) is 4.57 Å². The largest absolute Gasteiger partial charge is 0.369 e. The summed E-state index contributed by atoms with van der Waals surface area (Å²) >= 11 is 0. The third-order valence-corrected chi connectivity index (χ3v) is 4.62. The Hall–Kier alpha value is -4.29. The van der Waals surface area contributed by atoms with Gasteiger partial charge in [-0.2, -0.15) is 13.5 Å². The van der Waals surface area contributed by atoms with E-state index in [4.69, 9.17) is 16.0 Å². The van der Waals surface area contributed by atoms with Gasteiger partial charge in [-0.25, -0.2) is 0 Å². The van der Waals surface area contributed by atoms with E-state index in [-0.39, 0.29) is 16.5 Å². The maximum atomic E-state index is 11.1. The van der Waals surface area contributed by atoms with Crippen LogP contribution in [0.4, 0.5) is 5.69 Å². The molecule has 0 bridgehead atoms. The van der Waals surface area contributed by atoms with Crippen molar-refractivity contribution in [2.24, 2.45) is 21.7 Å². The van der Waals surface area contributed by atoms with E-state index in [0.717, 1.165) is 5.69 Å². The van der Waals surface area contributed by atoms with Crippen molar-refractivity contribution in [2.45, 2.75) is 4.90 Å². The number of guanidine groups is 1. The first-order valence-electron chi connectivity index (χ1n) is 8.92. The molecule has 3 aromatic rings. The van der Waals surface area contributed by atoms with Gasteiger partial charge in [0, 0.05) is 24.2 Å². The minimum Gasteiger partial charge on any atom is -0.369 e. The van der Waals surface area contributed by atoms with Crippen LogP contribution < -0.4 is 11.5 Å². The lowest BCUT2D eigenvalue weighted by atomic mass is 10.2. The molecule has 0 aliphatic carbocycles. The fraction of sp³-hybridized carbons (Fsp3) is 0. The molecule has 0 atom stereocenters. The van der Waals surface area contributed by atoms with Crippen LogP contribution in [0.1, 0.15) is 5.69 Å². The minimum atomic E-state index is -4.00. The predicted octanol–water partition coefficient (Wildman–Crippen LogP) is 2.59. The highest BCUT2D eigenvalue weighted by atomic mass is 32.2. The van der Waals surface area contributed by atoms with Crippen molar-refractivity contribution in [3.63, 3.8) is 0 Å². The van der Waals surface area contributed by atoms with E-state index in [2.05, 4.69) is 10.2 Å². The zero-order chi connectivity index (χ0) is 23.6. The number of benzene rings is 2. The third-order valence-electron chi connectivity index (χ3n) is 3.75. The van der Waals surface area contributed by atoms with Crippen LogP contribution >= 0.6 is 0 Å². The van der Waals surface area contributed by atoms with Gasteiger partial charge in [0.15, 0.2) is 0 Å². The number of aromatic nitrogens is 1. The van der Waals surface area contributed by atoms with Crippen LogP contribution in [0, 0.1) is 10.1 Å². The average molecular weight is 456 g/mol. The molecule has 2 aromatic carbocycles. The lowest BCUT2D eigenvalue weighted by Gasteiger charge is -2.06. The van der Waals surface area contributed by atoms with Gasteiger partial charge in [0.2, 0.25) is 5.96 Å². The first kappa shape index (κ1) is 24.0. The van der Waals surface area contributed by atoms with E-state index in [0.29, 0.717) is 5.69 Å². The fourth-order valence-corrected chi connectivity index (χ4v) is 2.95. The number of hydrogen-bond acceptors (Lipinski definition) is 6. The monoisotopic (exact) mass is 456 g/mol. The minimum absolute atomic E-state index is 0.0301. The Morgan fingerprint density at radius 2 is 1.69 bits per heavy atom. The number of allylic oxidation sites excluding steroid dienone is 1. The number of hydrogen-bond donors (Lipinski definition) is 3. The number of nitro groups is 1. The number of nitrogens with two attached hydrogens (primary N) is 2. The fourth-order valence-electron chi connectivity index (χ4n) is 2.44. The number of nitro benzene ring substituents is 1. The number of para-hydroxylation sites is 2. The summed E-state index contributed by atoms with van der Waals surface area (Å²) in [6, 6.07) is 17.6. The van der Waals surface area contributed by atoms with Gasteiger partial charge >= 0.3 is 0 Å². The number of nitrogens with zero attached hydrogens (tertiary/aromatic N) is 4. The van der Waals surface area contributed by atoms with Crippen molar-refractivity contribution in [2.75, 3.05) is 0 Å². The molecule has 0 aliphatic rings. The van der Waals surface area contributed by atoms with Crippen molar-refractivity contribution < 1.29 is 17.9 Å². The first-order chi connectivity index (χ1) is 15.2. The van der Waals surface area contributed by atoms with Gasteiger partial charge in [-0.1, -0.05) is 30.3 Å². The van der Waals surface area contributed by atoms with Gasteiger partial charge in [-0.15, -0.1) is 5.10 Å². The molecule has 0 saturated heterocycles. The highest BCUT2D eigenvalue weighted by Gasteiger charge is 2.14. The molecule has 32 heavy (non-hydrogen) atoms. The molecule has 0 saturated carbocycles. The Bertz CT molecular complexity index is 1250. The van der Waals surface area contributed by atoms with Gasteiger partial charge in [0.1, 0.15) is 5.69 Å². The summed E-state index contributed by atoms with van der Waals surface area (Å²) < 4.78 is 30.9. The summed E-state index contributed by atoms with van der Waals surface area (Å²) in [5.74, 6) is -0.132. The summed E-state index contributed by atoms with van der Waals surface area (Å²) in [5, 5.41) is 18.2. The van der Waals surface area contributed by atoms with E-state index in [1.165, 1.54) is 24.4 Å². The third kappa shape index (κ3) is 7.19. The second-order valence-corrected chi connectivity index (χ2v) is 7.41. The molecule has 0 fully saturated rings. The summed E-state index contributed by atoms with van der Waals surface area (Å²) in [6.07, 6.45) is 6.53. The highest BCUT2D eigenvalue weighted by molar-refractivity contribution is 7.85. The van der Waals surface area contributed by atoms with Crippen LogP contribution in [-0.4, -0.2) is 34.6 Å². The Morgan fingerprint density at radius 3 is 2.28 bits per heavy atom. The van der Waals surface area contributed by atoms with Crippen LogP contribution in [0.5, 0.6) is 0 Å². The second kappa shape index (κ2) is 11.2. The molecular formula is C20H20N6O5S.